The predicted molar refractivity (Wildman–Crippen MR) is 121 cm³/mol. The molecule has 0 spiro atoms. The summed E-state index contributed by atoms with van der Waals surface area (Å²) in [5, 5.41) is 8.33. The van der Waals surface area contributed by atoms with Crippen molar-refractivity contribution >= 4 is 23.4 Å². The quantitative estimate of drug-likeness (QED) is 0.504. The van der Waals surface area contributed by atoms with Gasteiger partial charge in [0.2, 0.25) is 5.91 Å². The molecule has 0 saturated heterocycles. The first-order valence-corrected chi connectivity index (χ1v) is 10.2. The number of halogens is 1. The molecule has 0 bridgehead atoms. The average molecular weight is 433 g/mol. The molecular weight excluding hydrogens is 409 g/mol. The number of benzene rings is 3. The van der Waals surface area contributed by atoms with E-state index in [1.165, 1.54) is 18.2 Å². The van der Waals surface area contributed by atoms with Crippen molar-refractivity contribution in [2.75, 3.05) is 5.32 Å². The van der Waals surface area contributed by atoms with Gasteiger partial charge in [-0.15, -0.1) is 0 Å². The fourth-order valence-corrected chi connectivity index (χ4v) is 3.09. The number of hydrogen-bond donors (Lipinski definition) is 3. The van der Waals surface area contributed by atoms with Crippen LogP contribution >= 0.6 is 0 Å². The monoisotopic (exact) mass is 433 g/mol. The van der Waals surface area contributed by atoms with Crippen molar-refractivity contribution in [1.29, 1.82) is 0 Å². The maximum Gasteiger partial charge on any atom is 0.255 e. The number of carbonyl (C=O) groups is 3. The van der Waals surface area contributed by atoms with E-state index in [1.807, 2.05) is 12.1 Å². The lowest BCUT2D eigenvalue weighted by Gasteiger charge is -2.14. The molecule has 0 aliphatic rings. The largest absolute Gasteiger partial charge is 0.352 e. The maximum atomic E-state index is 13.3. The number of rotatable bonds is 8. The molecular formula is C25H24FN3O3. The second kappa shape index (κ2) is 10.9. The van der Waals surface area contributed by atoms with Crippen LogP contribution in [0.2, 0.25) is 0 Å². The van der Waals surface area contributed by atoms with Gasteiger partial charge >= 0.3 is 0 Å². The van der Waals surface area contributed by atoms with Gasteiger partial charge in [-0.05, 0) is 55.0 Å². The highest BCUT2D eigenvalue weighted by molar-refractivity contribution is 6.04. The smallest absolute Gasteiger partial charge is 0.255 e. The number of hydrogen-bond acceptors (Lipinski definition) is 3. The minimum absolute atomic E-state index is 0.134. The summed E-state index contributed by atoms with van der Waals surface area (Å²) < 4.78 is 13.3. The lowest BCUT2D eigenvalue weighted by molar-refractivity contribution is -0.121. The molecule has 3 aromatic rings. The third-order valence-electron chi connectivity index (χ3n) is 4.67. The second-order valence-corrected chi connectivity index (χ2v) is 7.39. The van der Waals surface area contributed by atoms with Gasteiger partial charge in [0, 0.05) is 35.8 Å². The van der Waals surface area contributed by atoms with Gasteiger partial charge in [-0.25, -0.2) is 4.39 Å². The van der Waals surface area contributed by atoms with Crippen molar-refractivity contribution in [3.63, 3.8) is 0 Å². The van der Waals surface area contributed by atoms with E-state index in [-0.39, 0.29) is 36.4 Å². The fourth-order valence-electron chi connectivity index (χ4n) is 3.09. The van der Waals surface area contributed by atoms with Crippen LogP contribution < -0.4 is 16.0 Å². The molecule has 1 unspecified atom stereocenters. The molecule has 0 saturated carbocycles. The van der Waals surface area contributed by atoms with Gasteiger partial charge < -0.3 is 16.0 Å². The van der Waals surface area contributed by atoms with Gasteiger partial charge in [0.25, 0.3) is 11.8 Å². The van der Waals surface area contributed by atoms with Crippen molar-refractivity contribution in [3.8, 4) is 0 Å². The molecule has 6 nitrogen and oxygen atoms in total. The first kappa shape index (κ1) is 22.7. The Bertz CT molecular complexity index is 1100. The van der Waals surface area contributed by atoms with Gasteiger partial charge in [0.15, 0.2) is 0 Å². The summed E-state index contributed by atoms with van der Waals surface area (Å²) >= 11 is 0. The zero-order chi connectivity index (χ0) is 22.9. The summed E-state index contributed by atoms with van der Waals surface area (Å²) in [6, 6.07) is 20.9. The highest BCUT2D eigenvalue weighted by Crippen LogP contribution is 2.13. The van der Waals surface area contributed by atoms with Crippen LogP contribution in [0.4, 0.5) is 10.1 Å². The molecule has 164 valence electrons. The molecule has 0 heterocycles. The Morgan fingerprint density at radius 1 is 0.844 bits per heavy atom. The summed E-state index contributed by atoms with van der Waals surface area (Å²) in [6.07, 6.45) is 0.134. The van der Waals surface area contributed by atoms with Crippen molar-refractivity contribution in [2.24, 2.45) is 0 Å². The van der Waals surface area contributed by atoms with E-state index in [0.29, 0.717) is 11.3 Å². The van der Waals surface area contributed by atoms with E-state index in [9.17, 15) is 18.8 Å². The van der Waals surface area contributed by atoms with Crippen LogP contribution in [0.15, 0.2) is 78.9 Å². The molecule has 0 aliphatic carbocycles. The average Bonchev–Trinajstić information content (AvgIpc) is 2.78. The molecule has 0 radical (unpaired) electrons. The van der Waals surface area contributed by atoms with E-state index < -0.39 is 11.7 Å². The lowest BCUT2D eigenvalue weighted by atomic mass is 10.1. The Morgan fingerprint density at radius 3 is 2.31 bits per heavy atom. The normalized spacial score (nSPS) is 11.3. The summed E-state index contributed by atoms with van der Waals surface area (Å²) in [6.45, 7) is 2.03. The Balaban J connectivity index is 1.48. The van der Waals surface area contributed by atoms with Crippen LogP contribution in [-0.4, -0.2) is 23.8 Å². The van der Waals surface area contributed by atoms with Gasteiger partial charge in [-0.3, -0.25) is 14.4 Å². The zero-order valence-electron chi connectivity index (χ0n) is 17.6. The molecule has 0 aromatic heterocycles. The number of anilines is 1. The molecule has 3 N–H and O–H groups in total. The van der Waals surface area contributed by atoms with Crippen LogP contribution in [0.1, 0.15) is 39.6 Å². The molecule has 3 rings (SSSR count). The summed E-state index contributed by atoms with van der Waals surface area (Å²) in [4.78, 5) is 36.7. The van der Waals surface area contributed by atoms with Crippen molar-refractivity contribution in [2.45, 2.75) is 25.9 Å². The fraction of sp³-hybridized carbons (Fsp3) is 0.160. The van der Waals surface area contributed by atoms with E-state index >= 15 is 0 Å². The van der Waals surface area contributed by atoms with Crippen LogP contribution in [0.3, 0.4) is 0 Å². The van der Waals surface area contributed by atoms with Gasteiger partial charge in [0.1, 0.15) is 5.82 Å². The van der Waals surface area contributed by atoms with Gasteiger partial charge in [0.05, 0.1) is 0 Å². The molecule has 3 amide bonds. The van der Waals surface area contributed by atoms with E-state index in [1.54, 1.807) is 49.4 Å². The molecule has 3 aromatic carbocycles. The predicted octanol–water partition coefficient (Wildman–Crippen LogP) is 3.90. The minimum atomic E-state index is -0.483. The number of carbonyl (C=O) groups excluding carboxylic acids is 3. The topological polar surface area (TPSA) is 87.3 Å². The molecule has 32 heavy (non-hydrogen) atoms. The third-order valence-corrected chi connectivity index (χ3v) is 4.67. The van der Waals surface area contributed by atoms with Crippen LogP contribution in [0.25, 0.3) is 0 Å². The molecule has 0 fully saturated rings. The summed E-state index contributed by atoms with van der Waals surface area (Å²) in [5.41, 5.74) is 2.08. The third kappa shape index (κ3) is 6.77. The molecule has 7 heteroatoms. The lowest BCUT2D eigenvalue weighted by Crippen LogP contribution is -2.37. The van der Waals surface area contributed by atoms with Gasteiger partial charge in [-0.1, -0.05) is 36.4 Å². The first-order chi connectivity index (χ1) is 15.4. The van der Waals surface area contributed by atoms with Crippen molar-refractivity contribution in [1.82, 2.24) is 10.6 Å². The van der Waals surface area contributed by atoms with Crippen LogP contribution in [-0.2, 0) is 11.3 Å². The summed E-state index contributed by atoms with van der Waals surface area (Å²) in [5.74, 6) is -1.34. The highest BCUT2D eigenvalue weighted by Gasteiger charge is 2.13. The minimum Gasteiger partial charge on any atom is -0.352 e. The van der Waals surface area contributed by atoms with E-state index in [0.717, 1.165) is 11.6 Å². The van der Waals surface area contributed by atoms with E-state index in [4.69, 9.17) is 0 Å². The van der Waals surface area contributed by atoms with Gasteiger partial charge in [-0.2, -0.15) is 0 Å². The standard InChI is InChI=1S/C25H24FN3O3/c1-17(28-24(31)19-8-3-2-4-9-19)13-23(30)27-16-18-7-5-12-22(14-18)29-25(32)20-10-6-11-21(26)15-20/h2-12,14-15,17H,13,16H2,1H3,(H,27,30)(H,28,31)(H,29,32). The first-order valence-electron chi connectivity index (χ1n) is 10.2. The van der Waals surface area contributed by atoms with Crippen molar-refractivity contribution < 1.29 is 18.8 Å². The SMILES string of the molecule is CC(CC(=O)NCc1cccc(NC(=O)c2cccc(F)c2)c1)NC(=O)c1ccccc1. The number of amides is 3. The van der Waals surface area contributed by atoms with E-state index in [2.05, 4.69) is 16.0 Å². The zero-order valence-corrected chi connectivity index (χ0v) is 17.6. The van der Waals surface area contributed by atoms with Crippen LogP contribution in [0.5, 0.6) is 0 Å². The molecule has 0 aliphatic heterocycles. The molecule has 1 atom stereocenters. The Morgan fingerprint density at radius 2 is 1.56 bits per heavy atom. The second-order valence-electron chi connectivity index (χ2n) is 7.39. The maximum absolute atomic E-state index is 13.3. The summed E-state index contributed by atoms with van der Waals surface area (Å²) in [7, 11) is 0. The van der Waals surface area contributed by atoms with Crippen molar-refractivity contribution in [3.05, 3.63) is 101 Å². The Kier molecular flexibility index (Phi) is 7.70. The highest BCUT2D eigenvalue weighted by atomic mass is 19.1. The number of nitrogens with one attached hydrogen (secondary N) is 3. The van der Waals surface area contributed by atoms with Crippen LogP contribution in [0, 0.1) is 5.82 Å². The Hall–Kier alpha value is -4.00. The Labute approximate surface area is 185 Å².